The molecule has 150 valence electrons. The van der Waals surface area contributed by atoms with E-state index in [0.29, 0.717) is 6.07 Å². The van der Waals surface area contributed by atoms with E-state index >= 15 is 0 Å². The van der Waals surface area contributed by atoms with Crippen molar-refractivity contribution in [3.63, 3.8) is 0 Å². The highest BCUT2D eigenvalue weighted by Crippen LogP contribution is 2.31. The quantitative estimate of drug-likeness (QED) is 0.509. The van der Waals surface area contributed by atoms with Crippen molar-refractivity contribution in [2.45, 2.75) is 39.0 Å². The number of nitrogens with one attached hydrogen (secondary N) is 1. The first-order chi connectivity index (χ1) is 12.4. The number of nitrogens with zero attached hydrogens (tertiary/aromatic N) is 1. The van der Waals surface area contributed by atoms with Gasteiger partial charge in [-0.3, -0.25) is 10.1 Å². The van der Waals surface area contributed by atoms with Gasteiger partial charge in [0.1, 0.15) is 18.0 Å². The third-order valence-electron chi connectivity index (χ3n) is 2.75. The van der Waals surface area contributed by atoms with Gasteiger partial charge in [-0.1, -0.05) is 0 Å². The lowest BCUT2D eigenvalue weighted by Gasteiger charge is -2.22. The highest BCUT2D eigenvalue weighted by molar-refractivity contribution is 5.80. The molecule has 2 N–H and O–H groups in total. The predicted molar refractivity (Wildman–Crippen MR) is 86.0 cm³/mol. The maximum Gasteiger partial charge on any atom is 0.408 e. The number of carbonyl (C=O) groups is 2. The van der Waals surface area contributed by atoms with E-state index in [9.17, 15) is 28.5 Å². The van der Waals surface area contributed by atoms with Crippen molar-refractivity contribution in [2.75, 3.05) is 6.61 Å². The van der Waals surface area contributed by atoms with Crippen LogP contribution in [0.4, 0.5) is 19.3 Å². The number of rotatable bonds is 8. The predicted octanol–water partition coefficient (Wildman–Crippen LogP) is 2.55. The van der Waals surface area contributed by atoms with Crippen molar-refractivity contribution in [3.8, 4) is 11.5 Å². The first-order valence-electron chi connectivity index (χ1n) is 7.47. The van der Waals surface area contributed by atoms with E-state index in [-0.39, 0.29) is 5.75 Å². The molecule has 0 fully saturated rings. The first-order valence-corrected chi connectivity index (χ1v) is 7.47. The Hall–Kier alpha value is -3.18. The number of halogens is 2. The highest BCUT2D eigenvalue weighted by atomic mass is 19.3. The lowest BCUT2D eigenvalue weighted by atomic mass is 10.2. The van der Waals surface area contributed by atoms with Gasteiger partial charge < -0.3 is 24.6 Å². The number of alkyl halides is 2. The van der Waals surface area contributed by atoms with Gasteiger partial charge in [-0.25, -0.2) is 9.59 Å². The van der Waals surface area contributed by atoms with Gasteiger partial charge in [0, 0.05) is 0 Å². The smallest absolute Gasteiger partial charge is 0.408 e. The Morgan fingerprint density at radius 2 is 1.96 bits per heavy atom. The summed E-state index contributed by atoms with van der Waals surface area (Å²) < 4.78 is 38.4. The highest BCUT2D eigenvalue weighted by Gasteiger charge is 2.26. The minimum Gasteiger partial charge on any atom is -0.484 e. The lowest BCUT2D eigenvalue weighted by molar-refractivity contribution is -0.386. The van der Waals surface area contributed by atoms with Crippen molar-refractivity contribution in [2.24, 2.45) is 0 Å². The Morgan fingerprint density at radius 1 is 1.33 bits per heavy atom. The Morgan fingerprint density at radius 3 is 2.44 bits per heavy atom. The molecule has 0 unspecified atom stereocenters. The lowest BCUT2D eigenvalue weighted by Crippen LogP contribution is -2.46. The number of carboxylic acid groups (broad SMARTS) is 1. The summed E-state index contributed by atoms with van der Waals surface area (Å²) in [5, 5.41) is 22.2. The van der Waals surface area contributed by atoms with Crippen LogP contribution in [0.25, 0.3) is 0 Å². The van der Waals surface area contributed by atoms with Gasteiger partial charge >= 0.3 is 24.4 Å². The maximum atomic E-state index is 12.2. The van der Waals surface area contributed by atoms with Crippen molar-refractivity contribution >= 4 is 17.7 Å². The van der Waals surface area contributed by atoms with Gasteiger partial charge in [0.2, 0.25) is 0 Å². The van der Waals surface area contributed by atoms with E-state index in [0.717, 1.165) is 12.1 Å². The Kier molecular flexibility index (Phi) is 7.26. The molecule has 12 heteroatoms. The fraction of sp³-hybridized carbons (Fsp3) is 0.467. The molecule has 0 spiro atoms. The summed E-state index contributed by atoms with van der Waals surface area (Å²) in [7, 11) is 0. The average Bonchev–Trinajstić information content (AvgIpc) is 2.49. The third kappa shape index (κ3) is 7.71. The van der Waals surface area contributed by atoms with E-state index in [4.69, 9.17) is 14.6 Å². The number of hydrogen-bond acceptors (Lipinski definition) is 7. The molecule has 0 aliphatic rings. The van der Waals surface area contributed by atoms with Gasteiger partial charge in [0.15, 0.2) is 11.8 Å². The van der Waals surface area contributed by atoms with E-state index < -0.39 is 53.3 Å². The zero-order valence-electron chi connectivity index (χ0n) is 14.6. The molecule has 1 aromatic rings. The molecule has 0 radical (unpaired) electrons. The van der Waals surface area contributed by atoms with Crippen LogP contribution in [-0.2, 0) is 9.53 Å². The van der Waals surface area contributed by atoms with Crippen LogP contribution in [-0.4, -0.2) is 47.0 Å². The van der Waals surface area contributed by atoms with E-state index in [1.54, 1.807) is 20.8 Å². The number of alkyl carbamates (subject to hydrolysis) is 1. The van der Waals surface area contributed by atoms with Crippen LogP contribution >= 0.6 is 0 Å². The van der Waals surface area contributed by atoms with Crippen LogP contribution in [0.1, 0.15) is 20.8 Å². The molecular weight excluding hydrogens is 374 g/mol. The molecular formula is C15H18F2N2O8. The van der Waals surface area contributed by atoms with Crippen molar-refractivity contribution in [1.29, 1.82) is 0 Å². The second kappa shape index (κ2) is 8.96. The molecule has 0 aliphatic carbocycles. The summed E-state index contributed by atoms with van der Waals surface area (Å²) >= 11 is 0. The van der Waals surface area contributed by atoms with Crippen molar-refractivity contribution in [1.82, 2.24) is 5.32 Å². The first kappa shape index (κ1) is 21.9. The van der Waals surface area contributed by atoms with E-state index in [2.05, 4.69) is 10.1 Å². The summed E-state index contributed by atoms with van der Waals surface area (Å²) in [4.78, 5) is 33.0. The molecule has 0 aliphatic heterocycles. The van der Waals surface area contributed by atoms with Crippen molar-refractivity contribution < 1.29 is 42.6 Å². The van der Waals surface area contributed by atoms with Crippen LogP contribution in [0, 0.1) is 10.1 Å². The zero-order chi connectivity index (χ0) is 20.8. The van der Waals surface area contributed by atoms with Gasteiger partial charge in [-0.2, -0.15) is 8.78 Å². The Bertz CT molecular complexity index is 706. The van der Waals surface area contributed by atoms with E-state index in [1.165, 1.54) is 0 Å². The number of amides is 1. The summed E-state index contributed by atoms with van der Waals surface area (Å²) in [6, 6.07) is 1.10. The molecule has 0 saturated carbocycles. The van der Waals surface area contributed by atoms with Gasteiger partial charge in [-0.05, 0) is 32.9 Å². The number of carbonyl (C=O) groups excluding carboxylic acids is 1. The van der Waals surface area contributed by atoms with Crippen molar-refractivity contribution in [3.05, 3.63) is 28.3 Å². The van der Waals surface area contributed by atoms with Gasteiger partial charge in [0.05, 0.1) is 11.0 Å². The summed E-state index contributed by atoms with van der Waals surface area (Å²) in [5.74, 6) is -2.33. The van der Waals surface area contributed by atoms with E-state index in [1.807, 2.05) is 0 Å². The zero-order valence-corrected chi connectivity index (χ0v) is 14.6. The SMILES string of the molecule is CC(C)(C)OC(=O)N[C@@H](COc1ccc(OC(F)F)cc1[N+](=O)[O-])C(=O)O. The molecule has 0 aromatic heterocycles. The summed E-state index contributed by atoms with van der Waals surface area (Å²) in [6.45, 7) is 0.873. The minimum atomic E-state index is -3.18. The molecule has 0 saturated heterocycles. The van der Waals surface area contributed by atoms with Crippen LogP contribution in [0.3, 0.4) is 0 Å². The normalized spacial score (nSPS) is 12.2. The summed E-state index contributed by atoms with van der Waals surface area (Å²) in [6.07, 6.45) is -1.02. The molecule has 1 aromatic carbocycles. The standard InChI is InChI=1S/C15H18F2N2O8/c1-15(2,3)27-14(22)18-9(12(20)21)7-25-11-5-4-8(26-13(16)17)6-10(11)19(23)24/h4-6,9,13H,7H2,1-3H3,(H,18,22)(H,20,21)/t9-/m0/s1. The number of nitro groups is 1. The second-order valence-corrected chi connectivity index (χ2v) is 6.11. The topological polar surface area (TPSA) is 137 Å². The Labute approximate surface area is 152 Å². The number of aliphatic carboxylic acids is 1. The molecule has 27 heavy (non-hydrogen) atoms. The fourth-order valence-electron chi connectivity index (χ4n) is 1.74. The summed E-state index contributed by atoms with van der Waals surface area (Å²) in [5.41, 5.74) is -1.58. The fourth-order valence-corrected chi connectivity index (χ4v) is 1.74. The average molecular weight is 392 g/mol. The second-order valence-electron chi connectivity index (χ2n) is 6.11. The third-order valence-corrected chi connectivity index (χ3v) is 2.75. The maximum absolute atomic E-state index is 12.2. The largest absolute Gasteiger partial charge is 0.484 e. The molecule has 10 nitrogen and oxygen atoms in total. The molecule has 1 rings (SSSR count). The monoisotopic (exact) mass is 392 g/mol. The number of ether oxygens (including phenoxy) is 3. The number of nitro benzene ring substituents is 1. The van der Waals surface area contributed by atoms with Crippen LogP contribution < -0.4 is 14.8 Å². The number of hydrogen-bond donors (Lipinski definition) is 2. The molecule has 0 bridgehead atoms. The number of carboxylic acids is 1. The van der Waals surface area contributed by atoms with Crippen LogP contribution in [0.2, 0.25) is 0 Å². The molecule has 1 atom stereocenters. The van der Waals surface area contributed by atoms with Gasteiger partial charge in [0.25, 0.3) is 0 Å². The molecule has 0 heterocycles. The van der Waals surface area contributed by atoms with Crippen LogP contribution in [0.15, 0.2) is 18.2 Å². The van der Waals surface area contributed by atoms with Crippen LogP contribution in [0.5, 0.6) is 11.5 Å². The molecule has 1 amide bonds. The van der Waals surface area contributed by atoms with Gasteiger partial charge in [-0.15, -0.1) is 0 Å². The minimum absolute atomic E-state index is 0.390. The Balaban J connectivity index is 2.87. The number of benzene rings is 1.